The number of nitrogens with one attached hydrogen (secondary N) is 1. The molecule has 5 rings (SSSR count). The molecule has 0 bridgehead atoms. The van der Waals surface area contributed by atoms with Gasteiger partial charge in [0, 0.05) is 36.6 Å². The summed E-state index contributed by atoms with van der Waals surface area (Å²) < 4.78 is 18.7. The van der Waals surface area contributed by atoms with Crippen LogP contribution in [0.5, 0.6) is 0 Å². The number of rotatable bonds is 7. The van der Waals surface area contributed by atoms with Gasteiger partial charge in [0.1, 0.15) is 5.82 Å². The van der Waals surface area contributed by atoms with Crippen molar-refractivity contribution in [2.24, 2.45) is 0 Å². The first-order chi connectivity index (χ1) is 18.1. The zero-order valence-electron chi connectivity index (χ0n) is 20.4. The Morgan fingerprint density at radius 3 is 2.49 bits per heavy atom. The highest BCUT2D eigenvalue weighted by Gasteiger charge is 2.29. The predicted molar refractivity (Wildman–Crippen MR) is 144 cm³/mol. The van der Waals surface area contributed by atoms with Gasteiger partial charge in [0.2, 0.25) is 0 Å². The Morgan fingerprint density at radius 1 is 1.00 bits per heavy atom. The van der Waals surface area contributed by atoms with Crippen LogP contribution in [-0.2, 0) is 16.1 Å². The van der Waals surface area contributed by atoms with Crippen molar-refractivity contribution in [2.45, 2.75) is 11.4 Å². The number of carbonyl (C=O) groups is 2. The van der Waals surface area contributed by atoms with E-state index in [4.69, 9.17) is 4.74 Å². The first kappa shape index (κ1) is 25.2. The molecule has 2 aliphatic rings. The van der Waals surface area contributed by atoms with E-state index in [1.54, 1.807) is 29.2 Å². The van der Waals surface area contributed by atoms with Crippen molar-refractivity contribution in [3.05, 3.63) is 100 Å². The average molecular weight is 518 g/mol. The number of para-hydroxylation sites is 1. The minimum atomic E-state index is -0.306. The molecule has 1 N–H and O–H groups in total. The van der Waals surface area contributed by atoms with Crippen LogP contribution >= 0.6 is 11.8 Å². The number of amides is 2. The van der Waals surface area contributed by atoms with Crippen LogP contribution in [0.15, 0.2) is 82.6 Å². The SMILES string of the molecule is O=C(NCCN1CCOCC1)c1ccc(/C=C2\Sc3ccccc3N(Cc3ccc(F)cc3)C2=O)cc1. The molecule has 6 nitrogen and oxygen atoms in total. The molecular formula is C29H28FN3O3S. The van der Waals surface area contributed by atoms with Gasteiger partial charge in [-0.2, -0.15) is 0 Å². The normalized spacial score (nSPS) is 17.1. The van der Waals surface area contributed by atoms with Crippen LogP contribution in [0.25, 0.3) is 6.08 Å². The largest absolute Gasteiger partial charge is 0.379 e. The van der Waals surface area contributed by atoms with Gasteiger partial charge in [-0.05, 0) is 53.6 Å². The molecule has 0 aliphatic carbocycles. The second-order valence-corrected chi connectivity index (χ2v) is 10.0. The average Bonchev–Trinajstić information content (AvgIpc) is 2.93. The summed E-state index contributed by atoms with van der Waals surface area (Å²) in [6.45, 7) is 4.98. The highest BCUT2D eigenvalue weighted by molar-refractivity contribution is 8.04. The van der Waals surface area contributed by atoms with Crippen LogP contribution in [0.3, 0.4) is 0 Å². The minimum absolute atomic E-state index is 0.113. The quantitative estimate of drug-likeness (QED) is 0.466. The maximum atomic E-state index is 13.5. The first-order valence-corrected chi connectivity index (χ1v) is 13.1. The zero-order chi connectivity index (χ0) is 25.6. The maximum absolute atomic E-state index is 13.5. The Kier molecular flexibility index (Phi) is 7.99. The number of anilines is 1. The molecular weight excluding hydrogens is 489 g/mol. The third-order valence-electron chi connectivity index (χ3n) is 6.37. The standard InChI is InChI=1S/C29H28FN3O3S/c30-24-11-7-22(8-12-24)20-33-25-3-1-2-4-26(25)37-27(29(33)35)19-21-5-9-23(10-6-21)28(34)31-13-14-32-15-17-36-18-16-32/h1-12,19H,13-18,20H2,(H,31,34)/b27-19-. The van der Waals surface area contributed by atoms with Crippen LogP contribution in [0, 0.1) is 5.82 Å². The van der Waals surface area contributed by atoms with Gasteiger partial charge in [0.05, 0.1) is 30.4 Å². The predicted octanol–water partition coefficient (Wildman–Crippen LogP) is 4.57. The number of hydrogen-bond acceptors (Lipinski definition) is 5. The van der Waals surface area contributed by atoms with E-state index < -0.39 is 0 Å². The summed E-state index contributed by atoms with van der Waals surface area (Å²) in [4.78, 5) is 31.6. The summed E-state index contributed by atoms with van der Waals surface area (Å²) in [6, 6.07) is 21.2. The number of morpholine rings is 1. The summed E-state index contributed by atoms with van der Waals surface area (Å²) in [5, 5.41) is 2.97. The number of ether oxygens (including phenoxy) is 1. The molecule has 3 aromatic rings. The van der Waals surface area contributed by atoms with Gasteiger partial charge >= 0.3 is 0 Å². The van der Waals surface area contributed by atoms with Crippen molar-refractivity contribution in [1.29, 1.82) is 0 Å². The maximum Gasteiger partial charge on any atom is 0.265 e. The van der Waals surface area contributed by atoms with Gasteiger partial charge in [0.15, 0.2) is 0 Å². The molecule has 2 aliphatic heterocycles. The molecule has 2 heterocycles. The van der Waals surface area contributed by atoms with Crippen molar-refractivity contribution < 1.29 is 18.7 Å². The summed E-state index contributed by atoms with van der Waals surface area (Å²) >= 11 is 1.43. The van der Waals surface area contributed by atoms with E-state index >= 15 is 0 Å². The molecule has 1 saturated heterocycles. The Bertz CT molecular complexity index is 1290. The minimum Gasteiger partial charge on any atom is -0.379 e. The number of carbonyl (C=O) groups excluding carboxylic acids is 2. The lowest BCUT2D eigenvalue weighted by molar-refractivity contribution is -0.114. The molecule has 1 fully saturated rings. The smallest absolute Gasteiger partial charge is 0.265 e. The second-order valence-electron chi connectivity index (χ2n) is 8.93. The van der Waals surface area contributed by atoms with E-state index in [0.717, 1.165) is 54.6 Å². The highest BCUT2D eigenvalue weighted by atomic mass is 32.2. The molecule has 0 radical (unpaired) electrons. The van der Waals surface area contributed by atoms with Crippen LogP contribution in [0.1, 0.15) is 21.5 Å². The fourth-order valence-corrected chi connectivity index (χ4v) is 5.39. The number of thioether (sulfide) groups is 1. The van der Waals surface area contributed by atoms with Gasteiger partial charge in [-0.15, -0.1) is 0 Å². The van der Waals surface area contributed by atoms with E-state index in [1.165, 1.54) is 23.9 Å². The molecule has 8 heteroatoms. The van der Waals surface area contributed by atoms with E-state index in [-0.39, 0.29) is 17.6 Å². The molecule has 2 amide bonds. The fraction of sp³-hybridized carbons (Fsp3) is 0.241. The van der Waals surface area contributed by atoms with Crippen molar-refractivity contribution in [2.75, 3.05) is 44.3 Å². The van der Waals surface area contributed by atoms with Crippen molar-refractivity contribution in [3.8, 4) is 0 Å². The molecule has 37 heavy (non-hydrogen) atoms. The second kappa shape index (κ2) is 11.7. The van der Waals surface area contributed by atoms with Gasteiger partial charge in [0.25, 0.3) is 11.8 Å². The van der Waals surface area contributed by atoms with E-state index in [9.17, 15) is 14.0 Å². The highest BCUT2D eigenvalue weighted by Crippen LogP contribution is 2.42. The van der Waals surface area contributed by atoms with E-state index in [2.05, 4.69) is 10.2 Å². The van der Waals surface area contributed by atoms with Crippen LogP contribution < -0.4 is 10.2 Å². The number of fused-ring (bicyclic) bond motifs is 1. The Balaban J connectivity index is 1.27. The third-order valence-corrected chi connectivity index (χ3v) is 7.45. The van der Waals surface area contributed by atoms with Gasteiger partial charge in [-0.1, -0.05) is 48.2 Å². The molecule has 3 aromatic carbocycles. The van der Waals surface area contributed by atoms with Gasteiger partial charge < -0.3 is 15.0 Å². The van der Waals surface area contributed by atoms with E-state index in [1.807, 2.05) is 42.5 Å². The fourth-order valence-electron chi connectivity index (χ4n) is 4.33. The topological polar surface area (TPSA) is 61.9 Å². The third kappa shape index (κ3) is 6.28. The number of nitrogens with zero attached hydrogens (tertiary/aromatic N) is 2. The van der Waals surface area contributed by atoms with E-state index in [0.29, 0.717) is 23.6 Å². The van der Waals surface area contributed by atoms with Crippen LogP contribution in [-0.4, -0.2) is 56.1 Å². The van der Waals surface area contributed by atoms with Gasteiger partial charge in [-0.25, -0.2) is 4.39 Å². The Hall–Kier alpha value is -3.46. The van der Waals surface area contributed by atoms with Crippen molar-refractivity contribution in [3.63, 3.8) is 0 Å². The lowest BCUT2D eigenvalue weighted by Gasteiger charge is -2.30. The van der Waals surface area contributed by atoms with Crippen LogP contribution in [0.4, 0.5) is 10.1 Å². The molecule has 0 unspecified atom stereocenters. The summed E-state index contributed by atoms with van der Waals surface area (Å²) in [7, 11) is 0. The molecule has 0 saturated carbocycles. The summed E-state index contributed by atoms with van der Waals surface area (Å²) in [5.41, 5.74) is 3.10. The van der Waals surface area contributed by atoms with Crippen molar-refractivity contribution >= 4 is 35.3 Å². The van der Waals surface area contributed by atoms with Crippen LogP contribution in [0.2, 0.25) is 0 Å². The first-order valence-electron chi connectivity index (χ1n) is 12.3. The lowest BCUT2D eigenvalue weighted by atomic mass is 10.1. The number of halogens is 1. The number of hydrogen-bond donors (Lipinski definition) is 1. The monoisotopic (exact) mass is 517 g/mol. The molecule has 190 valence electrons. The lowest BCUT2D eigenvalue weighted by Crippen LogP contribution is -2.41. The molecule has 0 atom stereocenters. The van der Waals surface area contributed by atoms with Crippen molar-refractivity contribution in [1.82, 2.24) is 10.2 Å². The zero-order valence-corrected chi connectivity index (χ0v) is 21.2. The number of benzene rings is 3. The summed E-state index contributed by atoms with van der Waals surface area (Å²) in [6.07, 6.45) is 1.85. The summed E-state index contributed by atoms with van der Waals surface area (Å²) in [5.74, 6) is -0.535. The Morgan fingerprint density at radius 2 is 1.73 bits per heavy atom. The Labute approximate surface area is 220 Å². The van der Waals surface area contributed by atoms with Gasteiger partial charge in [-0.3, -0.25) is 14.5 Å². The molecule has 0 spiro atoms. The molecule has 0 aromatic heterocycles.